The average molecular weight is 692 g/mol. The van der Waals surface area contributed by atoms with Crippen molar-refractivity contribution in [2.24, 2.45) is 5.41 Å². The van der Waals surface area contributed by atoms with Crippen LogP contribution in [0.3, 0.4) is 0 Å². The Hall–Kier alpha value is -3.71. The number of halogens is 2. The second-order valence-corrected chi connectivity index (χ2v) is 15.4. The van der Waals surface area contributed by atoms with Crippen LogP contribution in [0.2, 0.25) is 0 Å². The van der Waals surface area contributed by atoms with Crippen molar-refractivity contribution in [3.63, 3.8) is 0 Å². The molecule has 1 aliphatic carbocycles. The Morgan fingerprint density at radius 2 is 1.92 bits per heavy atom. The summed E-state index contributed by atoms with van der Waals surface area (Å²) in [7, 11) is 0. The van der Waals surface area contributed by atoms with Crippen molar-refractivity contribution < 1.29 is 33.6 Å². The van der Waals surface area contributed by atoms with Gasteiger partial charge in [0.1, 0.15) is 34.2 Å². The smallest absolute Gasteiger partial charge is 0.319 e. The highest BCUT2D eigenvalue weighted by Crippen LogP contribution is 2.48. The molecule has 3 unspecified atom stereocenters. The predicted molar refractivity (Wildman–Crippen MR) is 188 cm³/mol. The molecule has 3 fully saturated rings. The number of nitrogens with zero attached hydrogens (tertiary/aromatic N) is 5. The lowest BCUT2D eigenvalue weighted by Crippen LogP contribution is -2.55. The molecular formula is C38H47F2N5O5. The first-order valence-electron chi connectivity index (χ1n) is 17.7. The van der Waals surface area contributed by atoms with E-state index in [1.807, 2.05) is 25.7 Å². The van der Waals surface area contributed by atoms with Gasteiger partial charge in [-0.2, -0.15) is 9.97 Å². The van der Waals surface area contributed by atoms with E-state index in [1.54, 1.807) is 13.0 Å². The molecule has 0 bridgehead atoms. The van der Waals surface area contributed by atoms with Crippen molar-refractivity contribution >= 4 is 27.5 Å². The Balaban J connectivity index is 1.34. The Morgan fingerprint density at radius 3 is 2.70 bits per heavy atom. The highest BCUT2D eigenvalue weighted by Gasteiger charge is 2.49. The van der Waals surface area contributed by atoms with Gasteiger partial charge in [0.25, 0.3) is 0 Å². The fourth-order valence-electron chi connectivity index (χ4n) is 8.64. The first-order valence-corrected chi connectivity index (χ1v) is 17.7. The van der Waals surface area contributed by atoms with Gasteiger partial charge in [0.2, 0.25) is 0 Å². The second-order valence-electron chi connectivity index (χ2n) is 15.4. The zero-order chi connectivity index (χ0) is 35.4. The zero-order valence-electron chi connectivity index (χ0n) is 29.3. The van der Waals surface area contributed by atoms with E-state index in [0.717, 1.165) is 38.6 Å². The van der Waals surface area contributed by atoms with E-state index >= 15 is 8.78 Å². The fraction of sp³-hybridized carbons (Fsp3) is 0.553. The van der Waals surface area contributed by atoms with E-state index in [2.05, 4.69) is 14.9 Å². The summed E-state index contributed by atoms with van der Waals surface area (Å²) in [6, 6.07) is 6.09. The van der Waals surface area contributed by atoms with E-state index in [9.17, 15) is 15.3 Å². The van der Waals surface area contributed by atoms with Crippen LogP contribution in [0, 0.1) is 17.0 Å². The molecule has 0 radical (unpaired) electrons. The van der Waals surface area contributed by atoms with Gasteiger partial charge in [0, 0.05) is 36.3 Å². The molecule has 0 spiro atoms. The third kappa shape index (κ3) is 6.58. The third-order valence-corrected chi connectivity index (χ3v) is 10.7. The Labute approximate surface area is 291 Å². The number of ether oxygens (including phenoxy) is 2. The molecule has 2 aromatic carbocycles. The molecule has 0 amide bonds. The van der Waals surface area contributed by atoms with Gasteiger partial charge in [-0.25, -0.2) is 8.78 Å². The number of phenols is 1. The van der Waals surface area contributed by atoms with E-state index in [4.69, 9.17) is 14.5 Å². The van der Waals surface area contributed by atoms with Gasteiger partial charge in [-0.15, -0.1) is 0 Å². The number of hydrogen-bond acceptors (Lipinski definition) is 10. The van der Waals surface area contributed by atoms with Crippen molar-refractivity contribution in [1.82, 2.24) is 19.9 Å². The van der Waals surface area contributed by atoms with Crippen molar-refractivity contribution in [2.45, 2.75) is 83.5 Å². The van der Waals surface area contributed by atoms with Gasteiger partial charge in [-0.3, -0.25) is 9.88 Å². The van der Waals surface area contributed by atoms with Crippen LogP contribution in [0.25, 0.3) is 32.9 Å². The van der Waals surface area contributed by atoms with E-state index < -0.39 is 22.8 Å². The molecule has 4 aromatic rings. The number of benzene rings is 2. The molecule has 2 aromatic heterocycles. The van der Waals surface area contributed by atoms with Crippen LogP contribution in [0.5, 0.6) is 11.8 Å². The predicted octanol–water partition coefficient (Wildman–Crippen LogP) is 5.76. The number of aliphatic hydroxyl groups is 2. The number of aromatic nitrogens is 3. The van der Waals surface area contributed by atoms with Gasteiger partial charge in [-0.05, 0) is 94.0 Å². The van der Waals surface area contributed by atoms with Crippen LogP contribution in [0.15, 0.2) is 30.5 Å². The monoisotopic (exact) mass is 691 g/mol. The second kappa shape index (κ2) is 13.1. The topological polar surface area (TPSA) is 124 Å². The number of β-amino-alcohol motifs (C(OH)–C–C–N with tert-alkyl or cyclic N) is 2. The molecule has 3 atom stereocenters. The summed E-state index contributed by atoms with van der Waals surface area (Å²) in [6.45, 7) is 10.0. The molecule has 7 rings (SSSR count). The fourth-order valence-corrected chi connectivity index (χ4v) is 8.64. The molecule has 1 saturated carbocycles. The van der Waals surface area contributed by atoms with Crippen LogP contribution in [0.1, 0.15) is 65.4 Å². The van der Waals surface area contributed by atoms with Gasteiger partial charge in [-0.1, -0.05) is 19.4 Å². The summed E-state index contributed by atoms with van der Waals surface area (Å²) >= 11 is 0. The maximum absolute atomic E-state index is 17.0. The molecule has 268 valence electrons. The van der Waals surface area contributed by atoms with Gasteiger partial charge in [0.05, 0.1) is 37.4 Å². The lowest BCUT2D eigenvalue weighted by molar-refractivity contribution is -0.0431. The Morgan fingerprint density at radius 1 is 1.12 bits per heavy atom. The largest absolute Gasteiger partial charge is 0.508 e. The summed E-state index contributed by atoms with van der Waals surface area (Å²) < 4.78 is 44.2. The minimum atomic E-state index is -1.19. The zero-order valence-corrected chi connectivity index (χ0v) is 29.3. The van der Waals surface area contributed by atoms with Crippen molar-refractivity contribution in [1.29, 1.82) is 0 Å². The summed E-state index contributed by atoms with van der Waals surface area (Å²) in [5, 5.41) is 33.7. The molecule has 4 heterocycles. The number of anilines is 1. The van der Waals surface area contributed by atoms with Crippen LogP contribution in [-0.2, 0) is 11.2 Å². The summed E-state index contributed by atoms with van der Waals surface area (Å²) in [6.07, 6.45) is 6.82. The number of hydrogen-bond donors (Lipinski definition) is 3. The van der Waals surface area contributed by atoms with Crippen LogP contribution >= 0.6 is 0 Å². The van der Waals surface area contributed by atoms with E-state index in [-0.39, 0.29) is 53.1 Å². The molecule has 2 aliphatic heterocycles. The number of fused-ring (bicyclic) bond motifs is 3. The average Bonchev–Trinajstić information content (AvgIpc) is 3.41. The third-order valence-electron chi connectivity index (χ3n) is 10.7. The molecule has 2 saturated heterocycles. The Bertz CT molecular complexity index is 1920. The number of aromatic hydroxyl groups is 1. The van der Waals surface area contributed by atoms with Gasteiger partial charge >= 0.3 is 6.01 Å². The number of piperidine rings is 1. The quantitative estimate of drug-likeness (QED) is 0.210. The lowest BCUT2D eigenvalue weighted by atomic mass is 9.75. The summed E-state index contributed by atoms with van der Waals surface area (Å²) in [4.78, 5) is 18.3. The Kier molecular flexibility index (Phi) is 9.11. The summed E-state index contributed by atoms with van der Waals surface area (Å²) in [5.74, 6) is -0.907. The highest BCUT2D eigenvalue weighted by molar-refractivity contribution is 6.01. The van der Waals surface area contributed by atoms with Crippen molar-refractivity contribution in [2.75, 3.05) is 50.9 Å². The first-order chi connectivity index (χ1) is 23.8. The minimum Gasteiger partial charge on any atom is -0.508 e. The molecule has 10 nitrogen and oxygen atoms in total. The van der Waals surface area contributed by atoms with E-state index in [0.29, 0.717) is 60.3 Å². The van der Waals surface area contributed by atoms with Crippen molar-refractivity contribution in [3.8, 4) is 23.0 Å². The lowest BCUT2D eigenvalue weighted by Gasteiger charge is -2.47. The molecule has 3 N–H and O–H groups in total. The number of rotatable bonds is 8. The number of aryl methyl sites for hydroxylation is 1. The van der Waals surface area contributed by atoms with Gasteiger partial charge < -0.3 is 29.7 Å². The van der Waals surface area contributed by atoms with Crippen LogP contribution < -0.4 is 9.64 Å². The number of phenolic OH excluding ortho intramolecular Hbond substituents is 1. The van der Waals surface area contributed by atoms with Crippen LogP contribution in [-0.4, -0.2) is 98.4 Å². The maximum atomic E-state index is 17.0. The van der Waals surface area contributed by atoms with Crippen LogP contribution in [0.4, 0.5) is 14.6 Å². The molecular weight excluding hydrogens is 644 g/mol. The minimum absolute atomic E-state index is 0.00838. The first kappa shape index (κ1) is 34.7. The summed E-state index contributed by atoms with van der Waals surface area (Å²) in [5.41, 5.74) is -1.63. The SMILES string of the molecule is CCc1c(F)ccc2cc(O)cc(-c3ncc4c(N5CCOCC(C)(O)C5)nc(OCC56CCCC5N(CC(C)(C)O)CCC6)nc4c3F)c12. The molecule has 50 heavy (non-hydrogen) atoms. The van der Waals surface area contributed by atoms with E-state index in [1.165, 1.54) is 24.4 Å². The normalized spacial score (nSPS) is 24.9. The van der Waals surface area contributed by atoms with Gasteiger partial charge in [0.15, 0.2) is 5.82 Å². The maximum Gasteiger partial charge on any atom is 0.319 e. The standard InChI is InChI=1S/C38H47F2N5O5/c1-5-25-28(39)10-9-23-16-24(46)17-26(30(23)25)32-31(40)33-27(18-41-32)34(45-14-15-49-21-37(4,48)20-45)43-35(42-33)50-22-38-11-6-8-29(38)44(13-7-12-38)19-36(2,3)47/h9-10,16-18,29,46-48H,5-8,11-15,19-22H2,1-4H3. The number of pyridine rings is 1. The highest BCUT2D eigenvalue weighted by atomic mass is 19.1. The molecule has 3 aliphatic rings. The van der Waals surface area contributed by atoms with Crippen molar-refractivity contribution in [3.05, 3.63) is 47.7 Å². The number of likely N-dealkylation sites (tertiary alicyclic amines) is 1. The molecule has 12 heteroatoms.